The van der Waals surface area contributed by atoms with Crippen molar-refractivity contribution in [3.05, 3.63) is 42.0 Å². The molecule has 19 heavy (non-hydrogen) atoms. The second kappa shape index (κ2) is 4.49. The third-order valence-corrected chi connectivity index (χ3v) is 4.97. The first-order chi connectivity index (χ1) is 9.06. The highest BCUT2D eigenvalue weighted by molar-refractivity contribution is 7.89. The van der Waals surface area contributed by atoms with Crippen LogP contribution < -0.4 is 4.83 Å². The Morgan fingerprint density at radius 1 is 1.11 bits per heavy atom. The van der Waals surface area contributed by atoms with Crippen LogP contribution in [0, 0.1) is 18.8 Å². The molecule has 2 aliphatic carbocycles. The van der Waals surface area contributed by atoms with Gasteiger partial charge in [-0.3, -0.25) is 0 Å². The van der Waals surface area contributed by atoms with Crippen molar-refractivity contribution in [3.8, 4) is 0 Å². The molecule has 3 rings (SSSR count). The van der Waals surface area contributed by atoms with Gasteiger partial charge in [0.15, 0.2) is 0 Å². The summed E-state index contributed by atoms with van der Waals surface area (Å²) in [6.45, 7) is 1.92. The van der Waals surface area contributed by atoms with Gasteiger partial charge >= 0.3 is 0 Å². The lowest BCUT2D eigenvalue weighted by Gasteiger charge is -2.07. The number of allylic oxidation sites excluding steroid dienone is 2. The highest BCUT2D eigenvalue weighted by atomic mass is 32.2. The van der Waals surface area contributed by atoms with Crippen molar-refractivity contribution in [1.82, 2.24) is 4.83 Å². The predicted octanol–water partition coefficient (Wildman–Crippen LogP) is 2.23. The van der Waals surface area contributed by atoms with Crippen LogP contribution in [0.1, 0.15) is 18.4 Å². The molecule has 0 heterocycles. The van der Waals surface area contributed by atoms with Gasteiger partial charge in [0.25, 0.3) is 10.0 Å². The largest absolute Gasteiger partial charge is 0.276 e. The summed E-state index contributed by atoms with van der Waals surface area (Å²) in [4.78, 5) is 2.61. The van der Waals surface area contributed by atoms with Gasteiger partial charge in [0.1, 0.15) is 0 Å². The van der Waals surface area contributed by atoms with Crippen LogP contribution in [0.5, 0.6) is 0 Å². The van der Waals surface area contributed by atoms with E-state index in [1.54, 1.807) is 24.3 Å². The summed E-state index contributed by atoms with van der Waals surface area (Å²) in [6.07, 6.45) is 6.39. The molecular weight excluding hydrogens is 260 g/mol. The summed E-state index contributed by atoms with van der Waals surface area (Å²) in [5.74, 6) is 0.649. The number of nitrogens with one attached hydrogen (secondary N) is 1. The van der Waals surface area contributed by atoms with Gasteiger partial charge in [-0.1, -0.05) is 29.8 Å². The Labute approximate surface area is 113 Å². The third-order valence-electron chi connectivity index (χ3n) is 3.75. The number of hydrazone groups is 1. The molecule has 0 saturated heterocycles. The normalized spacial score (nSPS) is 27.1. The molecular formula is C14H16N2O2S. The smallest absolute Gasteiger partial charge is 0.200 e. The van der Waals surface area contributed by atoms with Crippen molar-refractivity contribution in [2.75, 3.05) is 0 Å². The monoisotopic (exact) mass is 276 g/mol. The number of fused-ring (bicyclic) bond motifs is 2. The van der Waals surface area contributed by atoms with Gasteiger partial charge in [0.2, 0.25) is 0 Å². The minimum Gasteiger partial charge on any atom is -0.200 e. The Balaban J connectivity index is 1.80. The van der Waals surface area contributed by atoms with E-state index in [2.05, 4.69) is 22.1 Å². The molecule has 2 aliphatic rings. The molecule has 0 amide bonds. The molecule has 1 saturated carbocycles. The first-order valence-electron chi connectivity index (χ1n) is 6.40. The zero-order valence-corrected chi connectivity index (χ0v) is 11.5. The van der Waals surface area contributed by atoms with E-state index in [0.717, 1.165) is 24.1 Å². The van der Waals surface area contributed by atoms with E-state index in [0.29, 0.717) is 11.8 Å². The first-order valence-corrected chi connectivity index (χ1v) is 7.89. The van der Waals surface area contributed by atoms with Crippen LogP contribution in [-0.2, 0) is 10.0 Å². The molecule has 0 aromatic heterocycles. The molecule has 1 aromatic rings. The zero-order valence-electron chi connectivity index (χ0n) is 10.7. The second-order valence-corrected chi connectivity index (χ2v) is 6.78. The SMILES string of the molecule is Cc1ccc(S(=O)(=O)NN=C2[C@@H]3C=C[C@H]2CC3)cc1. The highest BCUT2D eigenvalue weighted by Crippen LogP contribution is 2.36. The molecule has 100 valence electrons. The molecule has 1 aromatic carbocycles. The molecule has 1 fully saturated rings. The molecule has 0 radical (unpaired) electrons. The summed E-state index contributed by atoms with van der Waals surface area (Å²) in [5.41, 5.74) is 1.99. The fourth-order valence-electron chi connectivity index (χ4n) is 2.64. The van der Waals surface area contributed by atoms with Crippen LogP contribution in [0.4, 0.5) is 0 Å². The number of hydrogen-bond acceptors (Lipinski definition) is 3. The maximum absolute atomic E-state index is 12.1. The lowest BCUT2D eigenvalue weighted by Crippen LogP contribution is -2.21. The van der Waals surface area contributed by atoms with Crippen LogP contribution in [-0.4, -0.2) is 14.1 Å². The van der Waals surface area contributed by atoms with E-state index in [-0.39, 0.29) is 4.90 Å². The van der Waals surface area contributed by atoms with Crippen LogP contribution in [0.2, 0.25) is 0 Å². The van der Waals surface area contributed by atoms with Gasteiger partial charge in [-0.25, -0.2) is 4.83 Å². The third kappa shape index (κ3) is 2.30. The van der Waals surface area contributed by atoms with Gasteiger partial charge in [0, 0.05) is 11.8 Å². The van der Waals surface area contributed by atoms with E-state index < -0.39 is 10.0 Å². The lowest BCUT2D eigenvalue weighted by atomic mass is 10.1. The Bertz CT molecular complexity index is 629. The fraction of sp³-hybridized carbons (Fsp3) is 0.357. The summed E-state index contributed by atoms with van der Waals surface area (Å²) in [7, 11) is -3.55. The summed E-state index contributed by atoms with van der Waals surface area (Å²) in [5, 5.41) is 4.13. The minimum absolute atomic E-state index is 0.251. The maximum atomic E-state index is 12.1. The van der Waals surface area contributed by atoms with Crippen LogP contribution in [0.3, 0.4) is 0 Å². The van der Waals surface area contributed by atoms with Crippen molar-refractivity contribution in [3.63, 3.8) is 0 Å². The predicted molar refractivity (Wildman–Crippen MR) is 74.3 cm³/mol. The molecule has 0 aliphatic heterocycles. The van der Waals surface area contributed by atoms with Crippen molar-refractivity contribution in [2.45, 2.75) is 24.7 Å². The van der Waals surface area contributed by atoms with E-state index in [9.17, 15) is 8.42 Å². The van der Waals surface area contributed by atoms with Gasteiger partial charge in [-0.15, -0.1) is 0 Å². The summed E-state index contributed by atoms with van der Waals surface area (Å²) in [6, 6.07) is 6.75. The number of sulfonamides is 1. The average Bonchev–Trinajstić information content (AvgIpc) is 2.96. The fourth-order valence-corrected chi connectivity index (χ4v) is 3.46. The molecule has 4 nitrogen and oxygen atoms in total. The average molecular weight is 276 g/mol. The minimum atomic E-state index is -3.55. The van der Waals surface area contributed by atoms with Crippen molar-refractivity contribution in [2.24, 2.45) is 16.9 Å². The van der Waals surface area contributed by atoms with Crippen LogP contribution in [0.25, 0.3) is 0 Å². The Hall–Kier alpha value is -1.62. The van der Waals surface area contributed by atoms with E-state index in [1.165, 1.54) is 0 Å². The van der Waals surface area contributed by atoms with Gasteiger partial charge in [0.05, 0.1) is 10.6 Å². The topological polar surface area (TPSA) is 58.5 Å². The Morgan fingerprint density at radius 3 is 2.21 bits per heavy atom. The lowest BCUT2D eigenvalue weighted by molar-refractivity contribution is 0.584. The van der Waals surface area contributed by atoms with E-state index in [1.807, 2.05) is 6.92 Å². The molecule has 0 unspecified atom stereocenters. The van der Waals surface area contributed by atoms with Crippen molar-refractivity contribution in [1.29, 1.82) is 0 Å². The number of nitrogens with zero attached hydrogens (tertiary/aromatic N) is 1. The van der Waals surface area contributed by atoms with Crippen molar-refractivity contribution >= 4 is 15.7 Å². The molecule has 5 heteroatoms. The van der Waals surface area contributed by atoms with Crippen LogP contribution in [0.15, 0.2) is 46.4 Å². The van der Waals surface area contributed by atoms with E-state index >= 15 is 0 Å². The number of aryl methyl sites for hydroxylation is 1. The summed E-state index contributed by atoms with van der Waals surface area (Å²) >= 11 is 0. The molecule has 1 N–H and O–H groups in total. The number of benzene rings is 1. The summed E-state index contributed by atoms with van der Waals surface area (Å²) < 4.78 is 24.2. The van der Waals surface area contributed by atoms with Gasteiger partial charge < -0.3 is 0 Å². The zero-order chi connectivity index (χ0) is 13.5. The van der Waals surface area contributed by atoms with E-state index in [4.69, 9.17) is 0 Å². The first kappa shape index (κ1) is 12.4. The highest BCUT2D eigenvalue weighted by Gasteiger charge is 2.34. The molecule has 2 bridgehead atoms. The van der Waals surface area contributed by atoms with Gasteiger partial charge in [-0.05, 0) is 31.9 Å². The number of hydrogen-bond donors (Lipinski definition) is 1. The Kier molecular flexibility index (Phi) is 2.93. The second-order valence-electron chi connectivity index (χ2n) is 5.12. The molecule has 2 atom stereocenters. The van der Waals surface area contributed by atoms with Crippen molar-refractivity contribution < 1.29 is 8.42 Å². The maximum Gasteiger partial charge on any atom is 0.276 e. The quantitative estimate of drug-likeness (QED) is 0.680. The number of rotatable bonds is 3. The standard InChI is InChI=1S/C14H16N2O2S/c1-10-2-8-13(9-3-10)19(17,18)16-15-14-11-4-5-12(14)7-6-11/h2-5,8-9,11-12,16H,6-7H2,1H3/t11-,12+. The Morgan fingerprint density at radius 2 is 1.68 bits per heavy atom. The van der Waals surface area contributed by atoms with Gasteiger partial charge in [-0.2, -0.15) is 13.5 Å². The molecule has 0 spiro atoms. The van der Waals surface area contributed by atoms with Crippen LogP contribution >= 0.6 is 0 Å².